The van der Waals surface area contributed by atoms with Crippen LogP contribution in [0.15, 0.2) is 54.7 Å². The van der Waals surface area contributed by atoms with Crippen LogP contribution in [0.2, 0.25) is 0 Å². The van der Waals surface area contributed by atoms with Crippen LogP contribution in [0.3, 0.4) is 0 Å². The predicted molar refractivity (Wildman–Crippen MR) is 86.1 cm³/mol. The molecule has 0 saturated carbocycles. The van der Waals surface area contributed by atoms with E-state index in [2.05, 4.69) is 10.2 Å². The van der Waals surface area contributed by atoms with E-state index in [0.29, 0.717) is 6.61 Å². The van der Waals surface area contributed by atoms with Crippen molar-refractivity contribution < 1.29 is 9.47 Å². The number of methoxy groups -OCH3 is 1. The maximum absolute atomic E-state index is 5.80. The van der Waals surface area contributed by atoms with Crippen molar-refractivity contribution >= 4 is 0 Å². The average Bonchev–Trinajstić information content (AvgIpc) is 3.00. The summed E-state index contributed by atoms with van der Waals surface area (Å²) < 4.78 is 10.9. The van der Waals surface area contributed by atoms with Crippen LogP contribution in [0.4, 0.5) is 0 Å². The Balaban J connectivity index is 1.64. The molecule has 3 aromatic rings. The Bertz CT molecular complexity index is 731. The molecule has 0 aliphatic heterocycles. The van der Waals surface area contributed by atoms with Gasteiger partial charge in [0.15, 0.2) is 0 Å². The molecular formula is C18H18N2O2. The quantitative estimate of drug-likeness (QED) is 0.774. The van der Waals surface area contributed by atoms with E-state index >= 15 is 0 Å². The Morgan fingerprint density at radius 1 is 0.955 bits per heavy atom. The zero-order chi connectivity index (χ0) is 15.4. The number of hydrogen-bond donors (Lipinski definition) is 1. The number of H-pyrrole nitrogens is 1. The minimum atomic E-state index is 0.534. The van der Waals surface area contributed by atoms with E-state index in [1.165, 1.54) is 0 Å². The Kier molecular flexibility index (Phi) is 4.10. The molecule has 0 bridgehead atoms. The van der Waals surface area contributed by atoms with Gasteiger partial charge in [-0.3, -0.25) is 5.10 Å². The SMILES string of the molecule is COc1ccc(COc2ccc(-c3[nH]ncc3C)cc2)cc1. The average molecular weight is 294 g/mol. The maximum Gasteiger partial charge on any atom is 0.119 e. The summed E-state index contributed by atoms with van der Waals surface area (Å²) in [6, 6.07) is 15.9. The van der Waals surface area contributed by atoms with Crippen molar-refractivity contribution in [3.05, 3.63) is 65.9 Å². The molecule has 0 saturated heterocycles. The van der Waals surface area contributed by atoms with Gasteiger partial charge in [-0.2, -0.15) is 5.10 Å². The zero-order valence-electron chi connectivity index (χ0n) is 12.7. The van der Waals surface area contributed by atoms with Crippen LogP contribution in [0, 0.1) is 6.92 Å². The van der Waals surface area contributed by atoms with E-state index in [9.17, 15) is 0 Å². The van der Waals surface area contributed by atoms with Crippen LogP contribution in [-0.4, -0.2) is 17.3 Å². The summed E-state index contributed by atoms with van der Waals surface area (Å²) in [5.74, 6) is 1.69. The molecule has 1 N–H and O–H groups in total. The number of aromatic nitrogens is 2. The van der Waals surface area contributed by atoms with Crippen LogP contribution in [0.5, 0.6) is 11.5 Å². The van der Waals surface area contributed by atoms with E-state index in [-0.39, 0.29) is 0 Å². The summed E-state index contributed by atoms with van der Waals surface area (Å²) in [4.78, 5) is 0. The van der Waals surface area contributed by atoms with Gasteiger partial charge in [-0.1, -0.05) is 12.1 Å². The van der Waals surface area contributed by atoms with Crippen molar-refractivity contribution in [3.63, 3.8) is 0 Å². The van der Waals surface area contributed by atoms with Gasteiger partial charge in [-0.15, -0.1) is 0 Å². The first kappa shape index (κ1) is 14.2. The summed E-state index contributed by atoms with van der Waals surface area (Å²) in [5, 5.41) is 7.05. The molecule has 22 heavy (non-hydrogen) atoms. The minimum Gasteiger partial charge on any atom is -0.497 e. The predicted octanol–water partition coefficient (Wildman–Crippen LogP) is 3.97. The van der Waals surface area contributed by atoms with Gasteiger partial charge in [0.1, 0.15) is 18.1 Å². The van der Waals surface area contributed by atoms with Crippen molar-refractivity contribution in [3.8, 4) is 22.8 Å². The summed E-state index contributed by atoms with van der Waals surface area (Å²) in [5.41, 5.74) is 4.38. The van der Waals surface area contributed by atoms with Gasteiger partial charge in [-0.05, 0) is 54.4 Å². The highest BCUT2D eigenvalue weighted by Crippen LogP contribution is 2.23. The first-order valence-electron chi connectivity index (χ1n) is 7.12. The number of nitrogens with zero attached hydrogens (tertiary/aromatic N) is 1. The normalized spacial score (nSPS) is 10.5. The van der Waals surface area contributed by atoms with Crippen LogP contribution in [-0.2, 0) is 6.61 Å². The molecule has 1 heterocycles. The molecule has 3 rings (SSSR count). The van der Waals surface area contributed by atoms with Crippen LogP contribution in [0.25, 0.3) is 11.3 Å². The molecule has 0 aliphatic rings. The third-order valence-corrected chi connectivity index (χ3v) is 3.54. The minimum absolute atomic E-state index is 0.534. The number of benzene rings is 2. The van der Waals surface area contributed by atoms with Gasteiger partial charge >= 0.3 is 0 Å². The van der Waals surface area contributed by atoms with E-state index in [0.717, 1.165) is 33.9 Å². The van der Waals surface area contributed by atoms with Crippen LogP contribution < -0.4 is 9.47 Å². The van der Waals surface area contributed by atoms with Gasteiger partial charge in [0.25, 0.3) is 0 Å². The molecule has 0 atom stereocenters. The summed E-state index contributed by atoms with van der Waals surface area (Å²) >= 11 is 0. The zero-order valence-corrected chi connectivity index (χ0v) is 12.7. The summed E-state index contributed by atoms with van der Waals surface area (Å²) in [6.07, 6.45) is 1.82. The standard InChI is InChI=1S/C18H18N2O2/c1-13-11-19-20-18(13)15-5-9-17(10-6-15)22-12-14-3-7-16(21-2)8-4-14/h3-11H,12H2,1-2H3,(H,19,20). The Labute approximate surface area is 129 Å². The highest BCUT2D eigenvalue weighted by molar-refractivity contribution is 5.62. The van der Waals surface area contributed by atoms with E-state index in [1.54, 1.807) is 7.11 Å². The number of hydrogen-bond acceptors (Lipinski definition) is 3. The van der Waals surface area contributed by atoms with Gasteiger partial charge in [0.05, 0.1) is 19.0 Å². The monoisotopic (exact) mass is 294 g/mol. The fourth-order valence-corrected chi connectivity index (χ4v) is 2.24. The molecule has 4 nitrogen and oxygen atoms in total. The van der Waals surface area contributed by atoms with Crippen LogP contribution >= 0.6 is 0 Å². The first-order valence-corrected chi connectivity index (χ1v) is 7.12. The number of rotatable bonds is 5. The topological polar surface area (TPSA) is 47.1 Å². The van der Waals surface area contributed by atoms with Crippen molar-refractivity contribution in [2.75, 3.05) is 7.11 Å². The van der Waals surface area contributed by atoms with Gasteiger partial charge < -0.3 is 9.47 Å². The second-order valence-corrected chi connectivity index (χ2v) is 5.09. The van der Waals surface area contributed by atoms with Gasteiger partial charge in [0, 0.05) is 5.56 Å². The highest BCUT2D eigenvalue weighted by atomic mass is 16.5. The van der Waals surface area contributed by atoms with Crippen molar-refractivity contribution in [2.45, 2.75) is 13.5 Å². The number of aromatic amines is 1. The highest BCUT2D eigenvalue weighted by Gasteiger charge is 2.04. The molecule has 0 aliphatic carbocycles. The van der Waals surface area contributed by atoms with E-state index < -0.39 is 0 Å². The second-order valence-electron chi connectivity index (χ2n) is 5.09. The van der Waals surface area contributed by atoms with Crippen molar-refractivity contribution in [1.82, 2.24) is 10.2 Å². The summed E-state index contributed by atoms with van der Waals surface area (Å²) in [6.45, 7) is 2.57. The van der Waals surface area contributed by atoms with Crippen molar-refractivity contribution in [1.29, 1.82) is 0 Å². The van der Waals surface area contributed by atoms with E-state index in [1.807, 2.05) is 61.7 Å². The molecule has 112 valence electrons. The molecule has 0 radical (unpaired) electrons. The molecule has 0 amide bonds. The lowest BCUT2D eigenvalue weighted by atomic mass is 10.1. The second kappa shape index (κ2) is 6.35. The molecule has 4 heteroatoms. The third kappa shape index (κ3) is 3.11. The largest absolute Gasteiger partial charge is 0.497 e. The Morgan fingerprint density at radius 2 is 1.64 bits per heavy atom. The molecule has 1 aromatic heterocycles. The van der Waals surface area contributed by atoms with Crippen LogP contribution in [0.1, 0.15) is 11.1 Å². The van der Waals surface area contributed by atoms with Gasteiger partial charge in [0.2, 0.25) is 0 Å². The lowest BCUT2D eigenvalue weighted by molar-refractivity contribution is 0.306. The molecule has 0 fully saturated rings. The lowest BCUT2D eigenvalue weighted by Crippen LogP contribution is -1.95. The maximum atomic E-state index is 5.80. The first-order chi connectivity index (χ1) is 10.8. The molecule has 2 aromatic carbocycles. The molecule has 0 spiro atoms. The Morgan fingerprint density at radius 3 is 2.23 bits per heavy atom. The van der Waals surface area contributed by atoms with Gasteiger partial charge in [-0.25, -0.2) is 0 Å². The van der Waals surface area contributed by atoms with Crippen molar-refractivity contribution in [2.24, 2.45) is 0 Å². The number of aryl methyl sites for hydroxylation is 1. The fourth-order valence-electron chi connectivity index (χ4n) is 2.24. The Hall–Kier alpha value is -2.75. The molecule has 0 unspecified atom stereocenters. The third-order valence-electron chi connectivity index (χ3n) is 3.54. The number of nitrogens with one attached hydrogen (secondary N) is 1. The lowest BCUT2D eigenvalue weighted by Gasteiger charge is -2.08. The smallest absolute Gasteiger partial charge is 0.119 e. The van der Waals surface area contributed by atoms with E-state index in [4.69, 9.17) is 9.47 Å². The fraction of sp³-hybridized carbons (Fsp3) is 0.167. The summed E-state index contributed by atoms with van der Waals surface area (Å²) in [7, 11) is 1.66. The molecular weight excluding hydrogens is 276 g/mol. The number of ether oxygens (including phenoxy) is 2.